The Hall–Kier alpha value is -2.30. The van der Waals surface area contributed by atoms with Crippen molar-refractivity contribution in [3.63, 3.8) is 0 Å². The van der Waals surface area contributed by atoms with E-state index >= 15 is 0 Å². The van der Waals surface area contributed by atoms with Gasteiger partial charge in [0.05, 0.1) is 0 Å². The summed E-state index contributed by atoms with van der Waals surface area (Å²) in [6.45, 7) is 6.24. The first-order chi connectivity index (χ1) is 12.3. The van der Waals surface area contributed by atoms with Gasteiger partial charge in [0.2, 0.25) is 0 Å². The number of hydrogen-bond acceptors (Lipinski definition) is 2. The molecule has 5 nitrogen and oxygen atoms in total. The molecule has 0 bridgehead atoms. The number of imidazole rings is 1. The monoisotopic (exact) mass is 339 g/mol. The summed E-state index contributed by atoms with van der Waals surface area (Å²) in [5.41, 5.74) is 1.30. The summed E-state index contributed by atoms with van der Waals surface area (Å²) in [5, 5.41) is 3.51. The maximum Gasteiger partial charge on any atom is 0.193 e. The molecule has 0 aliphatic carbocycles. The topological polar surface area (TPSA) is 45.5 Å². The summed E-state index contributed by atoms with van der Waals surface area (Å²) in [4.78, 5) is 11.4. The summed E-state index contributed by atoms with van der Waals surface area (Å²) < 4.78 is 2.22. The van der Waals surface area contributed by atoms with Crippen LogP contribution in [0.4, 0.5) is 0 Å². The number of nitrogens with one attached hydrogen (secondary N) is 1. The van der Waals surface area contributed by atoms with E-state index in [1.807, 2.05) is 13.2 Å². The van der Waals surface area contributed by atoms with Crippen molar-refractivity contribution in [1.29, 1.82) is 0 Å². The van der Waals surface area contributed by atoms with Gasteiger partial charge in [0.15, 0.2) is 5.96 Å². The molecule has 1 aromatic carbocycles. The normalized spacial score (nSPS) is 18.4. The van der Waals surface area contributed by atoms with Gasteiger partial charge >= 0.3 is 0 Å². The molecule has 2 aromatic rings. The van der Waals surface area contributed by atoms with Crippen molar-refractivity contribution in [1.82, 2.24) is 19.8 Å². The zero-order valence-corrected chi connectivity index (χ0v) is 15.4. The van der Waals surface area contributed by atoms with E-state index in [9.17, 15) is 0 Å². The van der Waals surface area contributed by atoms with Gasteiger partial charge in [-0.25, -0.2) is 4.98 Å². The van der Waals surface area contributed by atoms with Crippen molar-refractivity contribution in [2.24, 2.45) is 10.9 Å². The Balaban J connectivity index is 1.53. The van der Waals surface area contributed by atoms with Crippen molar-refractivity contribution in [2.45, 2.75) is 32.7 Å². The van der Waals surface area contributed by atoms with Crippen LogP contribution in [0.3, 0.4) is 0 Å². The molecule has 1 aliphatic heterocycles. The number of likely N-dealkylation sites (tertiary alicyclic amines) is 1. The number of rotatable bonds is 5. The minimum Gasteiger partial charge on any atom is -0.356 e. The molecule has 25 heavy (non-hydrogen) atoms. The van der Waals surface area contributed by atoms with Gasteiger partial charge in [0.1, 0.15) is 5.82 Å². The molecule has 3 rings (SSSR count). The van der Waals surface area contributed by atoms with Crippen LogP contribution in [0.1, 0.15) is 31.2 Å². The van der Waals surface area contributed by atoms with Crippen LogP contribution in [0.25, 0.3) is 0 Å². The SMILES string of the molecule is CN=C(NCCc1nccn1Cc1ccccc1)N1CCCC(C)C1. The third-order valence-corrected chi connectivity index (χ3v) is 4.80. The Morgan fingerprint density at radius 3 is 2.92 bits per heavy atom. The van der Waals surface area contributed by atoms with Crippen LogP contribution < -0.4 is 5.32 Å². The van der Waals surface area contributed by atoms with E-state index in [2.05, 4.69) is 68.2 Å². The predicted octanol–water partition coefficient (Wildman–Crippen LogP) is 2.78. The van der Waals surface area contributed by atoms with Crippen molar-refractivity contribution < 1.29 is 0 Å². The maximum absolute atomic E-state index is 4.53. The highest BCUT2D eigenvalue weighted by atomic mass is 15.3. The van der Waals surface area contributed by atoms with Crippen LogP contribution in [0.5, 0.6) is 0 Å². The molecule has 1 aliphatic rings. The van der Waals surface area contributed by atoms with Crippen LogP contribution in [-0.2, 0) is 13.0 Å². The van der Waals surface area contributed by atoms with Gasteiger partial charge < -0.3 is 14.8 Å². The van der Waals surface area contributed by atoms with Gasteiger partial charge in [0, 0.05) is 52.0 Å². The molecular weight excluding hydrogens is 310 g/mol. The Morgan fingerprint density at radius 1 is 1.32 bits per heavy atom. The predicted molar refractivity (Wildman–Crippen MR) is 103 cm³/mol. The molecule has 0 saturated carbocycles. The fourth-order valence-electron chi connectivity index (χ4n) is 3.49. The van der Waals surface area contributed by atoms with Gasteiger partial charge in [-0.15, -0.1) is 0 Å². The van der Waals surface area contributed by atoms with E-state index in [4.69, 9.17) is 0 Å². The number of guanidine groups is 1. The van der Waals surface area contributed by atoms with Gasteiger partial charge in [0.25, 0.3) is 0 Å². The Labute approximate surface area is 150 Å². The van der Waals surface area contributed by atoms with E-state index in [0.717, 1.165) is 50.3 Å². The first kappa shape index (κ1) is 17.5. The highest BCUT2D eigenvalue weighted by Gasteiger charge is 2.19. The lowest BCUT2D eigenvalue weighted by atomic mass is 10.0. The van der Waals surface area contributed by atoms with Gasteiger partial charge in [-0.3, -0.25) is 4.99 Å². The van der Waals surface area contributed by atoms with Crippen molar-refractivity contribution in [3.8, 4) is 0 Å². The smallest absolute Gasteiger partial charge is 0.193 e. The summed E-state index contributed by atoms with van der Waals surface area (Å²) in [5.74, 6) is 2.88. The lowest BCUT2D eigenvalue weighted by molar-refractivity contribution is 0.266. The largest absolute Gasteiger partial charge is 0.356 e. The molecule has 5 heteroatoms. The second kappa shape index (κ2) is 8.70. The first-order valence-electron chi connectivity index (χ1n) is 9.26. The average molecular weight is 339 g/mol. The van der Waals surface area contributed by atoms with Gasteiger partial charge in [-0.2, -0.15) is 0 Å². The highest BCUT2D eigenvalue weighted by molar-refractivity contribution is 5.79. The lowest BCUT2D eigenvalue weighted by Crippen LogP contribution is -2.46. The van der Waals surface area contributed by atoms with Crippen LogP contribution in [0.2, 0.25) is 0 Å². The summed E-state index contributed by atoms with van der Waals surface area (Å²) in [6.07, 6.45) is 7.42. The second-order valence-electron chi connectivity index (χ2n) is 6.87. The van der Waals surface area contributed by atoms with Crippen LogP contribution >= 0.6 is 0 Å². The molecule has 1 aromatic heterocycles. The fourth-order valence-corrected chi connectivity index (χ4v) is 3.49. The molecule has 1 unspecified atom stereocenters. The maximum atomic E-state index is 4.53. The number of nitrogens with zero attached hydrogens (tertiary/aromatic N) is 4. The minimum atomic E-state index is 0.747. The van der Waals surface area contributed by atoms with Gasteiger partial charge in [-0.1, -0.05) is 37.3 Å². The minimum absolute atomic E-state index is 0.747. The molecule has 134 valence electrons. The zero-order chi connectivity index (χ0) is 17.5. The zero-order valence-electron chi connectivity index (χ0n) is 15.4. The molecular formula is C20H29N5. The van der Waals surface area contributed by atoms with Crippen LogP contribution in [0, 0.1) is 5.92 Å². The Kier molecular flexibility index (Phi) is 6.09. The number of hydrogen-bond donors (Lipinski definition) is 1. The Bertz CT molecular complexity index is 676. The average Bonchev–Trinajstić information content (AvgIpc) is 3.06. The Morgan fingerprint density at radius 2 is 2.16 bits per heavy atom. The third-order valence-electron chi connectivity index (χ3n) is 4.80. The molecule has 2 heterocycles. The third kappa shape index (κ3) is 4.84. The molecule has 0 radical (unpaired) electrons. The highest BCUT2D eigenvalue weighted by Crippen LogP contribution is 2.15. The number of piperidine rings is 1. The van der Waals surface area contributed by atoms with Crippen LogP contribution in [-0.4, -0.2) is 47.1 Å². The van der Waals surface area contributed by atoms with E-state index in [1.165, 1.54) is 18.4 Å². The second-order valence-corrected chi connectivity index (χ2v) is 6.87. The van der Waals surface area contributed by atoms with E-state index in [-0.39, 0.29) is 0 Å². The summed E-state index contributed by atoms with van der Waals surface area (Å²) in [7, 11) is 1.87. The first-order valence-corrected chi connectivity index (χ1v) is 9.26. The summed E-state index contributed by atoms with van der Waals surface area (Å²) in [6, 6.07) is 10.5. The molecule has 0 amide bonds. The van der Waals surface area contributed by atoms with Gasteiger partial charge in [-0.05, 0) is 24.3 Å². The molecule has 0 spiro atoms. The van der Waals surface area contributed by atoms with E-state index < -0.39 is 0 Å². The summed E-state index contributed by atoms with van der Waals surface area (Å²) >= 11 is 0. The standard InChI is InChI=1S/C20H29N5/c1-17-7-6-13-25(15-17)20(21-2)23-11-10-19-22-12-14-24(19)16-18-8-4-3-5-9-18/h3-5,8-9,12,14,17H,6-7,10-11,13,15-16H2,1-2H3,(H,21,23). The molecule has 1 fully saturated rings. The van der Waals surface area contributed by atoms with E-state index in [1.54, 1.807) is 0 Å². The molecule has 1 saturated heterocycles. The lowest BCUT2D eigenvalue weighted by Gasteiger charge is -2.33. The van der Waals surface area contributed by atoms with Crippen molar-refractivity contribution in [2.75, 3.05) is 26.7 Å². The number of aliphatic imine (C=N–C) groups is 1. The molecule has 1 N–H and O–H groups in total. The van der Waals surface area contributed by atoms with Crippen LogP contribution in [0.15, 0.2) is 47.7 Å². The van der Waals surface area contributed by atoms with Crippen molar-refractivity contribution in [3.05, 3.63) is 54.1 Å². The van der Waals surface area contributed by atoms with Crippen molar-refractivity contribution >= 4 is 5.96 Å². The number of aromatic nitrogens is 2. The number of benzene rings is 1. The quantitative estimate of drug-likeness (QED) is 0.673. The fraction of sp³-hybridized carbons (Fsp3) is 0.500. The molecule has 1 atom stereocenters. The van der Waals surface area contributed by atoms with E-state index in [0.29, 0.717) is 0 Å².